The molecule has 1 aliphatic heterocycles. The minimum absolute atomic E-state index is 0.200. The maximum Gasteiger partial charge on any atom is 0.290 e. The van der Waals surface area contributed by atoms with Gasteiger partial charge in [0.15, 0.2) is 5.76 Å². The van der Waals surface area contributed by atoms with E-state index in [0.717, 1.165) is 16.7 Å². The van der Waals surface area contributed by atoms with Crippen LogP contribution in [0.25, 0.3) is 0 Å². The molecule has 2 aromatic carbocycles. The first kappa shape index (κ1) is 18.3. The van der Waals surface area contributed by atoms with Gasteiger partial charge in [0.2, 0.25) is 5.91 Å². The Morgan fingerprint density at radius 2 is 1.89 bits per heavy atom. The van der Waals surface area contributed by atoms with E-state index in [1.54, 1.807) is 23.1 Å². The van der Waals surface area contributed by atoms with Crippen LogP contribution in [-0.4, -0.2) is 22.8 Å². The Balaban J connectivity index is 1.56. The lowest BCUT2D eigenvalue weighted by molar-refractivity contribution is -0.126. The molecule has 142 valence electrons. The highest BCUT2D eigenvalue weighted by atomic mass is 35.5. The number of rotatable bonds is 4. The number of hydrogen-bond acceptors (Lipinski definition) is 3. The Morgan fingerprint density at radius 1 is 1.07 bits per heavy atom. The lowest BCUT2D eigenvalue weighted by atomic mass is 9.93. The normalized spacial score (nSPS) is 15.8. The van der Waals surface area contributed by atoms with Gasteiger partial charge in [-0.25, -0.2) is 0 Å². The van der Waals surface area contributed by atoms with Crippen molar-refractivity contribution in [2.75, 3.05) is 0 Å². The van der Waals surface area contributed by atoms with Gasteiger partial charge in [-0.1, -0.05) is 48.0 Å². The number of carbonyl (C=O) groups excluding carboxylic acids is 2. The van der Waals surface area contributed by atoms with E-state index in [-0.39, 0.29) is 17.6 Å². The monoisotopic (exact) mass is 394 g/mol. The zero-order chi connectivity index (χ0) is 19.5. The zero-order valence-corrected chi connectivity index (χ0v) is 15.9. The molecule has 2 heterocycles. The number of carbonyl (C=O) groups is 2. The first-order valence-corrected chi connectivity index (χ1v) is 9.43. The van der Waals surface area contributed by atoms with Gasteiger partial charge in [0, 0.05) is 24.5 Å². The summed E-state index contributed by atoms with van der Waals surface area (Å²) in [5.41, 5.74) is 3.02. The van der Waals surface area contributed by atoms with E-state index in [4.69, 9.17) is 16.0 Å². The Hall–Kier alpha value is -3.05. The second kappa shape index (κ2) is 7.90. The maximum absolute atomic E-state index is 13.0. The molecule has 1 aromatic heterocycles. The summed E-state index contributed by atoms with van der Waals surface area (Å²) in [6.07, 6.45) is 1.92. The number of fused-ring (bicyclic) bond motifs is 1. The van der Waals surface area contributed by atoms with E-state index < -0.39 is 6.04 Å². The molecule has 1 unspecified atom stereocenters. The standard InChI is InChI=1S/C22H19ClN2O3/c23-18-8-3-5-15(11-18)13-24-21(26)19-12-16-6-1-2-7-17(16)14-25(19)22(27)20-9-4-10-28-20/h1-11,19H,12-14H2,(H,24,26). The first-order chi connectivity index (χ1) is 13.6. The molecule has 0 aliphatic carbocycles. The number of nitrogens with one attached hydrogen (secondary N) is 1. The average Bonchev–Trinajstić information content (AvgIpc) is 3.25. The summed E-state index contributed by atoms with van der Waals surface area (Å²) >= 11 is 6.01. The fraction of sp³-hybridized carbons (Fsp3) is 0.182. The second-order valence-corrected chi connectivity index (χ2v) is 7.18. The molecule has 0 bridgehead atoms. The van der Waals surface area contributed by atoms with Gasteiger partial charge >= 0.3 is 0 Å². The number of hydrogen-bond donors (Lipinski definition) is 1. The quantitative estimate of drug-likeness (QED) is 0.731. The molecule has 0 saturated carbocycles. The van der Waals surface area contributed by atoms with Gasteiger partial charge < -0.3 is 14.6 Å². The van der Waals surface area contributed by atoms with Crippen molar-refractivity contribution in [2.45, 2.75) is 25.6 Å². The molecule has 0 fully saturated rings. The minimum Gasteiger partial charge on any atom is -0.459 e. The maximum atomic E-state index is 13.0. The van der Waals surface area contributed by atoms with E-state index in [2.05, 4.69) is 5.32 Å². The molecule has 0 spiro atoms. The molecule has 5 nitrogen and oxygen atoms in total. The summed E-state index contributed by atoms with van der Waals surface area (Å²) in [6.45, 7) is 0.714. The summed E-state index contributed by atoms with van der Waals surface area (Å²) in [5, 5.41) is 3.55. The number of nitrogens with zero attached hydrogens (tertiary/aromatic N) is 1. The van der Waals surface area contributed by atoms with Gasteiger partial charge in [-0.05, 0) is 41.0 Å². The zero-order valence-electron chi connectivity index (χ0n) is 15.1. The Kier molecular flexibility index (Phi) is 5.17. The van der Waals surface area contributed by atoms with E-state index in [1.165, 1.54) is 6.26 Å². The summed E-state index contributed by atoms with van der Waals surface area (Å²) in [5.74, 6) is -0.260. The van der Waals surface area contributed by atoms with Crippen LogP contribution in [0, 0.1) is 0 Å². The predicted molar refractivity (Wildman–Crippen MR) is 106 cm³/mol. The summed E-state index contributed by atoms with van der Waals surface area (Å²) < 4.78 is 5.27. The van der Waals surface area contributed by atoms with Gasteiger partial charge in [-0.2, -0.15) is 0 Å². The lowest BCUT2D eigenvalue weighted by Crippen LogP contribution is -2.52. The summed E-state index contributed by atoms with van der Waals surface area (Å²) in [4.78, 5) is 27.5. The molecule has 2 amide bonds. The van der Waals surface area contributed by atoms with Crippen LogP contribution in [0.15, 0.2) is 71.3 Å². The molecular formula is C22H19ClN2O3. The van der Waals surface area contributed by atoms with Crippen LogP contribution >= 0.6 is 11.6 Å². The highest BCUT2D eigenvalue weighted by molar-refractivity contribution is 6.30. The van der Waals surface area contributed by atoms with E-state index in [0.29, 0.717) is 24.5 Å². The largest absolute Gasteiger partial charge is 0.459 e. The first-order valence-electron chi connectivity index (χ1n) is 9.05. The van der Waals surface area contributed by atoms with Gasteiger partial charge in [-0.3, -0.25) is 9.59 Å². The molecule has 4 rings (SSSR count). The second-order valence-electron chi connectivity index (χ2n) is 6.75. The van der Waals surface area contributed by atoms with E-state index in [1.807, 2.05) is 42.5 Å². The number of furan rings is 1. The van der Waals surface area contributed by atoms with Crippen molar-refractivity contribution in [3.63, 3.8) is 0 Å². The SMILES string of the molecule is O=C(NCc1cccc(Cl)c1)C1Cc2ccccc2CN1C(=O)c1ccco1. The topological polar surface area (TPSA) is 62.6 Å². The third-order valence-electron chi connectivity index (χ3n) is 4.90. The number of halogens is 1. The Labute approximate surface area is 167 Å². The van der Waals surface area contributed by atoms with Crippen molar-refractivity contribution in [1.29, 1.82) is 0 Å². The Bertz CT molecular complexity index is 1000. The lowest BCUT2D eigenvalue weighted by Gasteiger charge is -2.35. The van der Waals surface area contributed by atoms with Gasteiger partial charge in [0.25, 0.3) is 5.91 Å². The fourth-order valence-corrected chi connectivity index (χ4v) is 3.68. The highest BCUT2D eigenvalue weighted by Crippen LogP contribution is 2.25. The van der Waals surface area contributed by atoms with Crippen molar-refractivity contribution in [3.05, 3.63) is 94.4 Å². The molecule has 0 saturated heterocycles. The van der Waals surface area contributed by atoms with Crippen molar-refractivity contribution in [2.24, 2.45) is 0 Å². The average molecular weight is 395 g/mol. The van der Waals surface area contributed by atoms with Gasteiger partial charge in [0.1, 0.15) is 6.04 Å². The highest BCUT2D eigenvalue weighted by Gasteiger charge is 2.35. The van der Waals surface area contributed by atoms with Crippen LogP contribution in [0.2, 0.25) is 5.02 Å². The molecule has 1 aliphatic rings. The molecule has 0 radical (unpaired) electrons. The van der Waals surface area contributed by atoms with Gasteiger partial charge in [0.05, 0.1) is 6.26 Å². The molecule has 1 N–H and O–H groups in total. The summed E-state index contributed by atoms with van der Waals surface area (Å²) in [7, 11) is 0. The van der Waals surface area contributed by atoms with Crippen LogP contribution < -0.4 is 5.32 Å². The number of benzene rings is 2. The third kappa shape index (κ3) is 3.80. The predicted octanol–water partition coefficient (Wildman–Crippen LogP) is 3.82. The molecule has 1 atom stereocenters. The molecule has 3 aromatic rings. The van der Waals surface area contributed by atoms with Crippen molar-refractivity contribution in [1.82, 2.24) is 10.2 Å². The van der Waals surface area contributed by atoms with Crippen LogP contribution in [0.4, 0.5) is 0 Å². The van der Waals surface area contributed by atoms with E-state index in [9.17, 15) is 9.59 Å². The smallest absolute Gasteiger partial charge is 0.290 e. The third-order valence-corrected chi connectivity index (χ3v) is 5.13. The van der Waals surface area contributed by atoms with Crippen molar-refractivity contribution >= 4 is 23.4 Å². The summed E-state index contributed by atoms with van der Waals surface area (Å²) in [6, 6.07) is 17.9. The van der Waals surface area contributed by atoms with Crippen LogP contribution in [-0.2, 0) is 24.3 Å². The minimum atomic E-state index is -0.605. The molecule has 28 heavy (non-hydrogen) atoms. The fourth-order valence-electron chi connectivity index (χ4n) is 3.47. The number of amides is 2. The van der Waals surface area contributed by atoms with Crippen molar-refractivity contribution < 1.29 is 14.0 Å². The Morgan fingerprint density at radius 3 is 2.64 bits per heavy atom. The van der Waals surface area contributed by atoms with Gasteiger partial charge in [-0.15, -0.1) is 0 Å². The van der Waals surface area contributed by atoms with Crippen LogP contribution in [0.3, 0.4) is 0 Å². The van der Waals surface area contributed by atoms with Crippen LogP contribution in [0.5, 0.6) is 0 Å². The molecular weight excluding hydrogens is 376 g/mol. The van der Waals surface area contributed by atoms with E-state index >= 15 is 0 Å². The van der Waals surface area contributed by atoms with Crippen molar-refractivity contribution in [3.8, 4) is 0 Å². The van der Waals surface area contributed by atoms with Crippen LogP contribution in [0.1, 0.15) is 27.2 Å². The molecule has 6 heteroatoms.